The van der Waals surface area contributed by atoms with Gasteiger partial charge in [0.05, 0.1) is 6.20 Å². The lowest BCUT2D eigenvalue weighted by Gasteiger charge is -2.26. The second-order valence-electron chi connectivity index (χ2n) is 4.04. The zero-order valence-corrected chi connectivity index (χ0v) is 9.96. The van der Waals surface area contributed by atoms with E-state index in [1.54, 1.807) is 11.3 Å². The highest BCUT2D eigenvalue weighted by Crippen LogP contribution is 2.25. The average Bonchev–Trinajstić information content (AvgIpc) is 2.95. The highest BCUT2D eigenvalue weighted by Gasteiger charge is 2.24. The molecule has 0 fully saturated rings. The minimum Gasteiger partial charge on any atom is -0.383 e. The van der Waals surface area contributed by atoms with Gasteiger partial charge in [0.15, 0.2) is 0 Å². The van der Waals surface area contributed by atoms with Gasteiger partial charge in [0.2, 0.25) is 0 Å². The van der Waals surface area contributed by atoms with Crippen molar-refractivity contribution in [2.75, 3.05) is 12.3 Å². The highest BCUT2D eigenvalue weighted by atomic mass is 32.1. The number of H-pyrrole nitrogens is 1. The van der Waals surface area contributed by atoms with Gasteiger partial charge in [-0.05, 0) is 23.4 Å². The summed E-state index contributed by atoms with van der Waals surface area (Å²) >= 11 is 1.76. The van der Waals surface area contributed by atoms with Crippen molar-refractivity contribution >= 4 is 23.1 Å². The van der Waals surface area contributed by atoms with Gasteiger partial charge < -0.3 is 10.6 Å². The third-order valence-corrected chi connectivity index (χ3v) is 4.02. The number of amides is 1. The Labute approximate surface area is 102 Å². The summed E-state index contributed by atoms with van der Waals surface area (Å²) in [6.07, 6.45) is 2.41. The number of nitrogens with one attached hydrogen (secondary N) is 1. The molecule has 0 atom stereocenters. The van der Waals surface area contributed by atoms with Gasteiger partial charge in [-0.25, -0.2) is 0 Å². The minimum atomic E-state index is -0.0481. The fourth-order valence-corrected chi connectivity index (χ4v) is 2.95. The van der Waals surface area contributed by atoms with E-state index in [0.29, 0.717) is 17.9 Å². The number of hydrogen-bond acceptors (Lipinski definition) is 4. The van der Waals surface area contributed by atoms with E-state index in [-0.39, 0.29) is 5.91 Å². The molecule has 0 unspecified atom stereocenters. The second-order valence-corrected chi connectivity index (χ2v) is 5.04. The number of thiophene rings is 1. The van der Waals surface area contributed by atoms with Crippen molar-refractivity contribution in [1.29, 1.82) is 0 Å². The molecule has 3 N–H and O–H groups in total. The molecule has 0 saturated carbocycles. The molecule has 0 aromatic carbocycles. The summed E-state index contributed by atoms with van der Waals surface area (Å²) in [5.41, 5.74) is 7.37. The van der Waals surface area contributed by atoms with Crippen molar-refractivity contribution < 1.29 is 4.79 Å². The van der Waals surface area contributed by atoms with Crippen LogP contribution in [0.4, 0.5) is 5.82 Å². The van der Waals surface area contributed by atoms with Crippen molar-refractivity contribution in [3.05, 3.63) is 33.6 Å². The Bertz CT molecular complexity index is 559. The van der Waals surface area contributed by atoms with Gasteiger partial charge in [-0.15, -0.1) is 11.3 Å². The Morgan fingerprint density at radius 3 is 3.24 bits per heavy atom. The van der Waals surface area contributed by atoms with Crippen LogP contribution in [0, 0.1) is 0 Å². The minimum absolute atomic E-state index is 0.0481. The topological polar surface area (TPSA) is 75.0 Å². The van der Waals surface area contributed by atoms with Crippen LogP contribution in [0.15, 0.2) is 17.6 Å². The van der Waals surface area contributed by atoms with Gasteiger partial charge in [-0.2, -0.15) is 5.10 Å². The first-order chi connectivity index (χ1) is 8.25. The fourth-order valence-electron chi connectivity index (χ4n) is 2.06. The molecule has 88 valence electrons. The SMILES string of the molecule is Nc1[nH]ncc1C(=O)N1CCc2sccc2C1. The largest absolute Gasteiger partial charge is 0.383 e. The van der Waals surface area contributed by atoms with E-state index in [1.165, 1.54) is 16.6 Å². The Hall–Kier alpha value is -1.82. The van der Waals surface area contributed by atoms with Crippen LogP contribution in [0.25, 0.3) is 0 Å². The van der Waals surface area contributed by atoms with Gasteiger partial charge in [0, 0.05) is 18.0 Å². The summed E-state index contributed by atoms with van der Waals surface area (Å²) in [7, 11) is 0. The highest BCUT2D eigenvalue weighted by molar-refractivity contribution is 7.10. The van der Waals surface area contributed by atoms with Gasteiger partial charge >= 0.3 is 0 Å². The third kappa shape index (κ3) is 1.70. The number of carbonyl (C=O) groups excluding carboxylic acids is 1. The number of rotatable bonds is 1. The van der Waals surface area contributed by atoms with Gasteiger partial charge in [0.25, 0.3) is 5.91 Å². The van der Waals surface area contributed by atoms with Crippen molar-refractivity contribution in [3.8, 4) is 0 Å². The number of aromatic nitrogens is 2. The van der Waals surface area contributed by atoms with E-state index in [1.807, 2.05) is 4.90 Å². The van der Waals surface area contributed by atoms with Gasteiger partial charge in [-0.1, -0.05) is 0 Å². The monoisotopic (exact) mass is 248 g/mol. The summed E-state index contributed by atoms with van der Waals surface area (Å²) in [6.45, 7) is 1.42. The Morgan fingerprint density at radius 2 is 2.47 bits per heavy atom. The molecule has 0 radical (unpaired) electrons. The van der Waals surface area contributed by atoms with Crippen LogP contribution in [0.5, 0.6) is 0 Å². The fraction of sp³-hybridized carbons (Fsp3) is 0.273. The maximum Gasteiger partial charge on any atom is 0.259 e. The molecule has 0 spiro atoms. The predicted octanol–water partition coefficient (Wildman–Crippen LogP) is 1.25. The number of nitrogens with zero attached hydrogens (tertiary/aromatic N) is 2. The molecular formula is C11H12N4OS. The van der Waals surface area contributed by atoms with E-state index in [4.69, 9.17) is 5.73 Å². The lowest BCUT2D eigenvalue weighted by molar-refractivity contribution is 0.0737. The zero-order chi connectivity index (χ0) is 11.8. The molecule has 2 aromatic heterocycles. The van der Waals surface area contributed by atoms with E-state index in [2.05, 4.69) is 21.6 Å². The Kier molecular flexibility index (Phi) is 2.36. The van der Waals surface area contributed by atoms with Crippen LogP contribution >= 0.6 is 11.3 Å². The normalized spacial score (nSPS) is 14.7. The number of hydrogen-bond donors (Lipinski definition) is 2. The smallest absolute Gasteiger partial charge is 0.259 e. The summed E-state index contributed by atoms with van der Waals surface area (Å²) in [5, 5.41) is 8.44. The molecule has 6 heteroatoms. The molecule has 5 nitrogen and oxygen atoms in total. The lowest BCUT2D eigenvalue weighted by atomic mass is 10.1. The molecule has 0 bridgehead atoms. The predicted molar refractivity (Wildman–Crippen MR) is 65.8 cm³/mol. The van der Waals surface area contributed by atoms with Gasteiger partial charge in [0.1, 0.15) is 11.4 Å². The summed E-state index contributed by atoms with van der Waals surface area (Å²) in [6, 6.07) is 2.08. The number of fused-ring (bicyclic) bond motifs is 1. The maximum absolute atomic E-state index is 12.2. The van der Waals surface area contributed by atoms with Crippen molar-refractivity contribution in [2.45, 2.75) is 13.0 Å². The molecule has 3 heterocycles. The number of nitrogen functional groups attached to an aromatic ring is 1. The average molecular weight is 248 g/mol. The molecule has 1 amide bonds. The van der Waals surface area contributed by atoms with Crippen molar-refractivity contribution in [3.63, 3.8) is 0 Å². The van der Waals surface area contributed by atoms with E-state index in [0.717, 1.165) is 13.0 Å². The molecule has 1 aliphatic heterocycles. The zero-order valence-electron chi connectivity index (χ0n) is 9.14. The van der Waals surface area contributed by atoms with Crippen LogP contribution in [-0.4, -0.2) is 27.5 Å². The number of nitrogens with two attached hydrogens (primary N) is 1. The van der Waals surface area contributed by atoms with E-state index < -0.39 is 0 Å². The summed E-state index contributed by atoms with van der Waals surface area (Å²) < 4.78 is 0. The Morgan fingerprint density at radius 1 is 1.59 bits per heavy atom. The first-order valence-electron chi connectivity index (χ1n) is 5.39. The van der Waals surface area contributed by atoms with Crippen molar-refractivity contribution in [2.24, 2.45) is 0 Å². The maximum atomic E-state index is 12.2. The molecule has 2 aromatic rings. The molecule has 1 aliphatic rings. The molecule has 0 aliphatic carbocycles. The van der Waals surface area contributed by atoms with E-state index >= 15 is 0 Å². The van der Waals surface area contributed by atoms with Crippen molar-refractivity contribution in [1.82, 2.24) is 15.1 Å². The number of anilines is 1. The van der Waals surface area contributed by atoms with Crippen LogP contribution in [0.3, 0.4) is 0 Å². The number of aromatic amines is 1. The summed E-state index contributed by atoms with van der Waals surface area (Å²) in [5.74, 6) is 0.291. The molecule has 3 rings (SSSR count). The van der Waals surface area contributed by atoms with Crippen LogP contribution in [0.1, 0.15) is 20.8 Å². The van der Waals surface area contributed by atoms with Crippen LogP contribution in [-0.2, 0) is 13.0 Å². The standard InChI is InChI=1S/C11H12N4OS/c12-10-8(5-13-14-10)11(16)15-3-1-9-7(6-15)2-4-17-9/h2,4-5H,1,3,6H2,(H3,12,13,14). The first kappa shape index (κ1) is 10.3. The van der Waals surface area contributed by atoms with E-state index in [9.17, 15) is 4.79 Å². The molecular weight excluding hydrogens is 236 g/mol. The number of carbonyl (C=O) groups is 1. The Balaban J connectivity index is 1.84. The second kappa shape index (κ2) is 3.89. The molecule has 0 saturated heterocycles. The third-order valence-electron chi connectivity index (χ3n) is 2.99. The first-order valence-corrected chi connectivity index (χ1v) is 6.27. The molecule has 17 heavy (non-hydrogen) atoms. The summed E-state index contributed by atoms with van der Waals surface area (Å²) in [4.78, 5) is 15.4. The quantitative estimate of drug-likeness (QED) is 0.797. The lowest BCUT2D eigenvalue weighted by Crippen LogP contribution is -2.35. The van der Waals surface area contributed by atoms with Gasteiger partial charge in [-0.3, -0.25) is 9.89 Å². The van der Waals surface area contributed by atoms with Crippen LogP contribution < -0.4 is 5.73 Å². The van der Waals surface area contributed by atoms with Crippen LogP contribution in [0.2, 0.25) is 0 Å².